The molecular formula is C31H36FN9O3S. The predicted molar refractivity (Wildman–Crippen MR) is 169 cm³/mol. The van der Waals surface area contributed by atoms with Crippen LogP contribution in [0, 0.1) is 11.7 Å². The number of aldehydes is 1. The maximum Gasteiger partial charge on any atom is 0.261 e. The molecule has 0 spiro atoms. The smallest absolute Gasteiger partial charge is 0.261 e. The quantitative estimate of drug-likeness (QED) is 0.208. The van der Waals surface area contributed by atoms with Gasteiger partial charge in [0.05, 0.1) is 18.4 Å². The first-order valence-corrected chi connectivity index (χ1v) is 16.3. The van der Waals surface area contributed by atoms with Crippen molar-refractivity contribution in [3.63, 3.8) is 0 Å². The van der Waals surface area contributed by atoms with Gasteiger partial charge in [0.1, 0.15) is 29.9 Å². The van der Waals surface area contributed by atoms with E-state index in [1.165, 1.54) is 33.2 Å². The number of benzene rings is 1. The van der Waals surface area contributed by atoms with Gasteiger partial charge >= 0.3 is 0 Å². The zero-order chi connectivity index (χ0) is 31.3. The Kier molecular flexibility index (Phi) is 9.52. The topological polar surface area (TPSA) is 121 Å². The van der Waals surface area contributed by atoms with Crippen LogP contribution >= 0.6 is 11.8 Å². The molecule has 0 bridgehead atoms. The lowest BCUT2D eigenvalue weighted by Crippen LogP contribution is -2.51. The highest BCUT2D eigenvalue weighted by atomic mass is 32.2. The molecule has 0 aliphatic carbocycles. The van der Waals surface area contributed by atoms with Crippen LogP contribution in [-0.2, 0) is 16.1 Å². The molecule has 0 radical (unpaired) electrons. The van der Waals surface area contributed by atoms with Gasteiger partial charge < -0.3 is 15.0 Å². The van der Waals surface area contributed by atoms with Crippen LogP contribution in [0.5, 0.6) is 0 Å². The first kappa shape index (κ1) is 30.9. The molecule has 1 aromatic carbocycles. The van der Waals surface area contributed by atoms with Crippen LogP contribution in [0.15, 0.2) is 53.9 Å². The number of anilines is 1. The number of hydrogen-bond donors (Lipinski definition) is 1. The Hall–Kier alpha value is -4.14. The number of nitrogens with zero attached hydrogens (tertiary/aromatic N) is 8. The van der Waals surface area contributed by atoms with E-state index in [-0.39, 0.29) is 35.0 Å². The van der Waals surface area contributed by atoms with Gasteiger partial charge in [-0.3, -0.25) is 24.1 Å². The highest BCUT2D eigenvalue weighted by Gasteiger charge is 2.27. The molecule has 12 nitrogen and oxygen atoms in total. The Morgan fingerprint density at radius 2 is 1.91 bits per heavy atom. The summed E-state index contributed by atoms with van der Waals surface area (Å²) in [7, 11) is 0. The van der Waals surface area contributed by atoms with Crippen LogP contribution in [0.3, 0.4) is 0 Å². The second kappa shape index (κ2) is 13.9. The minimum absolute atomic E-state index is 0.0415. The summed E-state index contributed by atoms with van der Waals surface area (Å²) in [4.78, 5) is 49.0. The van der Waals surface area contributed by atoms with Crippen molar-refractivity contribution >= 4 is 41.2 Å². The number of halogens is 1. The van der Waals surface area contributed by atoms with E-state index in [4.69, 9.17) is 0 Å². The molecule has 14 heteroatoms. The summed E-state index contributed by atoms with van der Waals surface area (Å²) in [5, 5.41) is 11.6. The zero-order valence-corrected chi connectivity index (χ0v) is 26.0. The Morgan fingerprint density at radius 3 is 2.67 bits per heavy atom. The van der Waals surface area contributed by atoms with Crippen molar-refractivity contribution in [2.24, 2.45) is 5.92 Å². The van der Waals surface area contributed by atoms with E-state index in [0.717, 1.165) is 56.7 Å². The minimum atomic E-state index is -0.483. The van der Waals surface area contributed by atoms with Crippen LogP contribution in [0.1, 0.15) is 23.2 Å². The van der Waals surface area contributed by atoms with Gasteiger partial charge in [0.2, 0.25) is 5.91 Å². The number of carbonyl (C=O) groups excluding carboxylic acids is 3. The van der Waals surface area contributed by atoms with Crippen LogP contribution in [0.2, 0.25) is 0 Å². The summed E-state index contributed by atoms with van der Waals surface area (Å²) < 4.78 is 18.1. The van der Waals surface area contributed by atoms with Crippen LogP contribution in [-0.4, -0.2) is 116 Å². The van der Waals surface area contributed by atoms with Crippen molar-refractivity contribution in [3.05, 3.63) is 60.4 Å². The van der Waals surface area contributed by atoms with E-state index < -0.39 is 11.7 Å². The number of aromatic nitrogens is 5. The minimum Gasteiger partial charge on any atom is -0.339 e. The summed E-state index contributed by atoms with van der Waals surface area (Å²) in [6.45, 7) is 6.22. The van der Waals surface area contributed by atoms with Crippen molar-refractivity contribution in [1.29, 1.82) is 0 Å². The number of thioether (sulfide) groups is 1. The number of piperidine rings is 1. The molecule has 0 unspecified atom stereocenters. The lowest BCUT2D eigenvalue weighted by atomic mass is 9.96. The average molecular weight is 634 g/mol. The molecule has 4 aromatic rings. The second-order valence-corrected chi connectivity index (χ2v) is 12.3. The van der Waals surface area contributed by atoms with Crippen molar-refractivity contribution in [2.75, 3.05) is 63.9 Å². The number of amides is 2. The Morgan fingerprint density at radius 1 is 1.11 bits per heavy atom. The van der Waals surface area contributed by atoms with Crippen LogP contribution < -0.4 is 5.32 Å². The van der Waals surface area contributed by atoms with Gasteiger partial charge in [0.15, 0.2) is 5.65 Å². The van der Waals surface area contributed by atoms with Gasteiger partial charge in [0.25, 0.3) is 5.91 Å². The number of piperazine rings is 1. The summed E-state index contributed by atoms with van der Waals surface area (Å²) in [6.07, 6.45) is 11.3. The molecule has 45 heavy (non-hydrogen) atoms. The SMILES string of the molecule is CSc1ccc(F)c(-c2nn(CC(=O)N3CCN(CC4CCN(CC=O)CC4)CC3)cc2NC(=O)c2cnn3cccnc23)c1. The van der Waals surface area contributed by atoms with E-state index in [2.05, 4.69) is 30.3 Å². The Labute approximate surface area is 264 Å². The standard InChI is InChI=1S/C31H36FN9O3S/c1-45-23-3-4-26(32)24(17-23)29-27(35-31(44)25-18-34-41-8-2-7-33-30(25)41)20-40(36-29)21-28(43)39-13-11-38(12-14-39)19-22-5-9-37(10-6-22)15-16-42/h2-4,7-8,16-18,20,22H,5-6,9-15,19,21H2,1H3,(H,35,44). The fourth-order valence-electron chi connectivity index (χ4n) is 6.02. The Balaban J connectivity index is 1.14. The summed E-state index contributed by atoms with van der Waals surface area (Å²) in [6, 6.07) is 6.46. The lowest BCUT2D eigenvalue weighted by Gasteiger charge is -2.38. The normalized spacial score (nSPS) is 16.7. The zero-order valence-electron chi connectivity index (χ0n) is 25.1. The monoisotopic (exact) mass is 633 g/mol. The molecule has 5 heterocycles. The predicted octanol–water partition coefficient (Wildman–Crippen LogP) is 2.76. The molecule has 0 atom stereocenters. The molecule has 6 rings (SSSR count). The molecule has 236 valence electrons. The fourth-order valence-corrected chi connectivity index (χ4v) is 6.46. The highest BCUT2D eigenvalue weighted by molar-refractivity contribution is 7.98. The molecule has 0 saturated carbocycles. The van der Waals surface area contributed by atoms with Crippen molar-refractivity contribution in [1.82, 2.24) is 39.1 Å². The highest BCUT2D eigenvalue weighted by Crippen LogP contribution is 2.32. The number of rotatable bonds is 10. The first-order valence-electron chi connectivity index (χ1n) is 15.1. The van der Waals surface area contributed by atoms with Gasteiger partial charge in [0, 0.05) is 61.8 Å². The number of nitrogens with one attached hydrogen (secondary N) is 1. The molecule has 2 saturated heterocycles. The number of hydrogen-bond acceptors (Lipinski definition) is 9. The Bertz CT molecular complexity index is 1680. The number of carbonyl (C=O) groups is 3. The molecule has 1 N–H and O–H groups in total. The summed E-state index contributed by atoms with van der Waals surface area (Å²) >= 11 is 1.47. The van der Waals surface area contributed by atoms with E-state index in [1.807, 2.05) is 11.2 Å². The first-order chi connectivity index (χ1) is 21.9. The fraction of sp³-hybridized carbons (Fsp3) is 0.419. The third kappa shape index (κ3) is 7.08. The second-order valence-electron chi connectivity index (χ2n) is 11.4. The molecule has 3 aromatic heterocycles. The molecular weight excluding hydrogens is 597 g/mol. The maximum absolute atomic E-state index is 15.1. The van der Waals surface area contributed by atoms with Gasteiger partial charge in [-0.2, -0.15) is 10.2 Å². The van der Waals surface area contributed by atoms with Crippen LogP contribution in [0.4, 0.5) is 10.1 Å². The van der Waals surface area contributed by atoms with E-state index in [1.54, 1.807) is 36.8 Å². The van der Waals surface area contributed by atoms with E-state index in [9.17, 15) is 14.4 Å². The van der Waals surface area contributed by atoms with Gasteiger partial charge in [-0.25, -0.2) is 13.9 Å². The summed E-state index contributed by atoms with van der Waals surface area (Å²) in [5.41, 5.74) is 1.39. The van der Waals surface area contributed by atoms with Gasteiger partial charge in [-0.1, -0.05) is 0 Å². The molecule has 2 aliphatic rings. The van der Waals surface area contributed by atoms with E-state index in [0.29, 0.717) is 31.2 Å². The molecule has 2 aliphatic heterocycles. The van der Waals surface area contributed by atoms with Crippen molar-refractivity contribution in [2.45, 2.75) is 24.3 Å². The summed E-state index contributed by atoms with van der Waals surface area (Å²) in [5.74, 6) is -0.437. The molecule has 2 fully saturated rings. The maximum atomic E-state index is 15.1. The third-order valence-corrected chi connectivity index (χ3v) is 9.27. The van der Waals surface area contributed by atoms with Crippen molar-refractivity contribution < 1.29 is 18.8 Å². The van der Waals surface area contributed by atoms with Gasteiger partial charge in [-0.05, 0) is 62.4 Å². The molecule has 2 amide bonds. The van der Waals surface area contributed by atoms with Crippen molar-refractivity contribution in [3.8, 4) is 11.3 Å². The average Bonchev–Trinajstić information content (AvgIpc) is 3.67. The van der Waals surface area contributed by atoms with Crippen LogP contribution in [0.25, 0.3) is 16.9 Å². The largest absolute Gasteiger partial charge is 0.339 e. The lowest BCUT2D eigenvalue weighted by molar-refractivity contribution is -0.133. The van der Waals surface area contributed by atoms with Gasteiger partial charge in [-0.15, -0.1) is 11.8 Å². The van der Waals surface area contributed by atoms with E-state index >= 15 is 4.39 Å². The third-order valence-electron chi connectivity index (χ3n) is 8.54. The number of likely N-dealkylation sites (tertiary alicyclic amines) is 1. The number of fused-ring (bicyclic) bond motifs is 1.